The van der Waals surface area contributed by atoms with Crippen molar-refractivity contribution in [2.45, 2.75) is 58.4 Å². The fourth-order valence-electron chi connectivity index (χ4n) is 2.70. The molecule has 154 valence electrons. The first kappa shape index (κ1) is 22.1. The van der Waals surface area contributed by atoms with Crippen molar-refractivity contribution in [2.24, 2.45) is 0 Å². The van der Waals surface area contributed by atoms with Crippen LogP contribution in [0.4, 0.5) is 22.0 Å². The van der Waals surface area contributed by atoms with Gasteiger partial charge in [0.1, 0.15) is 0 Å². The van der Waals surface area contributed by atoms with Gasteiger partial charge in [0, 0.05) is 0 Å². The molecule has 0 radical (unpaired) electrons. The molecule has 0 N–H and O–H groups in total. The van der Waals surface area contributed by atoms with Crippen molar-refractivity contribution in [3.63, 3.8) is 0 Å². The van der Waals surface area contributed by atoms with E-state index in [0.717, 1.165) is 49.4 Å². The SMILES string of the molecule is CCCCCc1ccc(COC(F)(F)Cc2ccc(OC(F)F)c(F)c2)cc1. The van der Waals surface area contributed by atoms with E-state index in [1.54, 1.807) is 12.1 Å². The molecule has 0 heterocycles. The molecule has 0 atom stereocenters. The number of ether oxygens (including phenoxy) is 2. The maximum Gasteiger partial charge on any atom is 0.387 e. The second-order valence-corrected chi connectivity index (χ2v) is 6.52. The van der Waals surface area contributed by atoms with Crippen LogP contribution in [-0.2, 0) is 24.2 Å². The van der Waals surface area contributed by atoms with Gasteiger partial charge < -0.3 is 9.47 Å². The Labute approximate surface area is 161 Å². The van der Waals surface area contributed by atoms with E-state index < -0.39 is 30.7 Å². The molecule has 0 bridgehead atoms. The number of benzene rings is 2. The lowest BCUT2D eigenvalue weighted by molar-refractivity contribution is -0.244. The van der Waals surface area contributed by atoms with E-state index in [1.807, 2.05) is 12.1 Å². The predicted molar refractivity (Wildman–Crippen MR) is 96.1 cm³/mol. The monoisotopic (exact) mass is 402 g/mol. The third-order valence-corrected chi connectivity index (χ3v) is 4.16. The Balaban J connectivity index is 1.88. The van der Waals surface area contributed by atoms with E-state index in [1.165, 1.54) is 0 Å². The summed E-state index contributed by atoms with van der Waals surface area (Å²) in [6, 6.07) is 10.0. The summed E-state index contributed by atoms with van der Waals surface area (Å²) < 4.78 is 74.5. The minimum Gasteiger partial charge on any atom is -0.432 e. The average Bonchev–Trinajstić information content (AvgIpc) is 2.63. The molecule has 0 spiro atoms. The molecule has 2 aromatic carbocycles. The zero-order valence-electron chi connectivity index (χ0n) is 15.6. The Morgan fingerprint density at radius 3 is 2.18 bits per heavy atom. The van der Waals surface area contributed by atoms with Crippen molar-refractivity contribution in [1.82, 2.24) is 0 Å². The van der Waals surface area contributed by atoms with Gasteiger partial charge in [-0.05, 0) is 41.7 Å². The first-order valence-corrected chi connectivity index (χ1v) is 9.12. The highest BCUT2D eigenvalue weighted by Crippen LogP contribution is 2.27. The number of hydrogen-bond acceptors (Lipinski definition) is 2. The normalized spacial score (nSPS) is 11.8. The Kier molecular flexibility index (Phi) is 8.23. The summed E-state index contributed by atoms with van der Waals surface area (Å²) in [7, 11) is 0. The maximum atomic E-state index is 14.0. The van der Waals surface area contributed by atoms with E-state index >= 15 is 0 Å². The second kappa shape index (κ2) is 10.4. The maximum absolute atomic E-state index is 14.0. The first-order valence-electron chi connectivity index (χ1n) is 9.12. The van der Waals surface area contributed by atoms with Gasteiger partial charge in [0.05, 0.1) is 13.0 Å². The van der Waals surface area contributed by atoms with Crippen LogP contribution in [0.25, 0.3) is 0 Å². The highest BCUT2D eigenvalue weighted by molar-refractivity contribution is 5.30. The highest BCUT2D eigenvalue weighted by Gasteiger charge is 2.31. The minimum atomic E-state index is -3.53. The van der Waals surface area contributed by atoms with Crippen LogP contribution in [0.1, 0.15) is 42.9 Å². The molecule has 0 aliphatic rings. The fraction of sp³-hybridized carbons (Fsp3) is 0.429. The number of halogens is 5. The van der Waals surface area contributed by atoms with Gasteiger partial charge in [0.2, 0.25) is 0 Å². The molecule has 28 heavy (non-hydrogen) atoms. The summed E-state index contributed by atoms with van der Waals surface area (Å²) >= 11 is 0. The molecule has 0 saturated carbocycles. The molecule has 7 heteroatoms. The van der Waals surface area contributed by atoms with Crippen LogP contribution in [0.5, 0.6) is 5.75 Å². The average molecular weight is 402 g/mol. The van der Waals surface area contributed by atoms with Crippen molar-refractivity contribution in [2.75, 3.05) is 0 Å². The van der Waals surface area contributed by atoms with Crippen LogP contribution in [0.3, 0.4) is 0 Å². The number of alkyl halides is 4. The van der Waals surface area contributed by atoms with Crippen LogP contribution in [0.15, 0.2) is 42.5 Å². The van der Waals surface area contributed by atoms with Crippen molar-refractivity contribution >= 4 is 0 Å². The third-order valence-electron chi connectivity index (χ3n) is 4.16. The Bertz CT molecular complexity index is 732. The van der Waals surface area contributed by atoms with Crippen LogP contribution in [0, 0.1) is 5.82 Å². The van der Waals surface area contributed by atoms with Crippen LogP contribution >= 0.6 is 0 Å². The topological polar surface area (TPSA) is 18.5 Å². The Hall–Kier alpha value is -2.15. The molecule has 2 aromatic rings. The minimum absolute atomic E-state index is 0.0876. The van der Waals surface area contributed by atoms with Crippen LogP contribution < -0.4 is 4.74 Å². The quantitative estimate of drug-likeness (QED) is 0.315. The van der Waals surface area contributed by atoms with Gasteiger partial charge in [-0.15, -0.1) is 0 Å². The zero-order valence-corrected chi connectivity index (χ0v) is 15.6. The number of rotatable bonds is 11. The van der Waals surface area contributed by atoms with E-state index in [-0.39, 0.29) is 12.2 Å². The standard InChI is InChI=1S/C21H23F5O2/c1-2-3-4-5-15-6-8-16(9-7-15)14-27-21(25,26)13-17-10-11-19(18(22)12-17)28-20(23)24/h6-12,20H,2-5,13-14H2,1H3. The van der Waals surface area contributed by atoms with Crippen molar-refractivity contribution in [3.05, 3.63) is 65.0 Å². The van der Waals surface area contributed by atoms with E-state index in [9.17, 15) is 22.0 Å². The lowest BCUT2D eigenvalue weighted by Crippen LogP contribution is -2.24. The van der Waals surface area contributed by atoms with Gasteiger partial charge in [-0.3, -0.25) is 0 Å². The van der Waals surface area contributed by atoms with Crippen molar-refractivity contribution in [3.8, 4) is 5.75 Å². The van der Waals surface area contributed by atoms with Gasteiger partial charge in [0.25, 0.3) is 0 Å². The summed E-state index contributed by atoms with van der Waals surface area (Å²) in [6.07, 6.45) is -0.102. The van der Waals surface area contributed by atoms with Crippen molar-refractivity contribution in [1.29, 1.82) is 0 Å². The van der Waals surface area contributed by atoms with Crippen LogP contribution in [0.2, 0.25) is 0 Å². The molecule has 0 fully saturated rings. The molecule has 0 unspecified atom stereocenters. The lowest BCUT2D eigenvalue weighted by Gasteiger charge is -2.17. The summed E-state index contributed by atoms with van der Waals surface area (Å²) in [4.78, 5) is 0. The molecular weight excluding hydrogens is 379 g/mol. The molecule has 0 aliphatic carbocycles. The summed E-state index contributed by atoms with van der Waals surface area (Å²) in [5, 5.41) is 0. The number of hydrogen-bond donors (Lipinski definition) is 0. The predicted octanol–water partition coefficient (Wildman–Crippen LogP) is 6.51. The highest BCUT2D eigenvalue weighted by atomic mass is 19.3. The molecule has 2 nitrogen and oxygen atoms in total. The van der Waals surface area contributed by atoms with Gasteiger partial charge >= 0.3 is 12.7 Å². The third kappa shape index (κ3) is 7.46. The summed E-state index contributed by atoms with van der Waals surface area (Å²) in [6.45, 7) is -1.36. The lowest BCUT2D eigenvalue weighted by atomic mass is 10.1. The second-order valence-electron chi connectivity index (χ2n) is 6.52. The molecule has 0 aliphatic heterocycles. The Morgan fingerprint density at radius 2 is 1.57 bits per heavy atom. The van der Waals surface area contributed by atoms with Gasteiger partial charge in [0.15, 0.2) is 11.6 Å². The molecule has 2 rings (SSSR count). The molecule has 0 saturated heterocycles. The molecule has 0 aromatic heterocycles. The number of aryl methyl sites for hydroxylation is 1. The summed E-state index contributed by atoms with van der Waals surface area (Å²) in [5.41, 5.74) is 1.66. The molecular formula is C21H23F5O2. The van der Waals surface area contributed by atoms with Gasteiger partial charge in [-0.2, -0.15) is 17.6 Å². The molecule has 0 amide bonds. The fourth-order valence-corrected chi connectivity index (χ4v) is 2.70. The van der Waals surface area contributed by atoms with E-state index in [4.69, 9.17) is 0 Å². The largest absolute Gasteiger partial charge is 0.432 e. The Morgan fingerprint density at radius 1 is 0.929 bits per heavy atom. The first-order chi connectivity index (χ1) is 13.3. The van der Waals surface area contributed by atoms with Crippen LogP contribution in [-0.4, -0.2) is 12.7 Å². The van der Waals surface area contributed by atoms with Gasteiger partial charge in [-0.1, -0.05) is 50.1 Å². The van der Waals surface area contributed by atoms with Gasteiger partial charge in [-0.25, -0.2) is 4.39 Å². The number of unbranched alkanes of at least 4 members (excludes halogenated alkanes) is 2. The summed E-state index contributed by atoms with van der Waals surface area (Å²) in [5.74, 6) is -1.82. The van der Waals surface area contributed by atoms with E-state index in [0.29, 0.717) is 5.56 Å². The smallest absolute Gasteiger partial charge is 0.387 e. The van der Waals surface area contributed by atoms with E-state index in [2.05, 4.69) is 16.4 Å². The zero-order chi connectivity index (χ0) is 20.6. The van der Waals surface area contributed by atoms with Crippen molar-refractivity contribution < 1.29 is 31.4 Å².